The molecule has 0 spiro atoms. The molecule has 0 atom stereocenters. The highest BCUT2D eigenvalue weighted by Gasteiger charge is 2.12. The molecule has 26 heavy (non-hydrogen) atoms. The average Bonchev–Trinajstić information content (AvgIpc) is 2.64. The van der Waals surface area contributed by atoms with Crippen molar-refractivity contribution in [3.05, 3.63) is 63.9 Å². The molecule has 4 nitrogen and oxygen atoms in total. The van der Waals surface area contributed by atoms with Crippen LogP contribution in [0.2, 0.25) is 0 Å². The van der Waals surface area contributed by atoms with Crippen LogP contribution in [0.25, 0.3) is 6.08 Å². The molecule has 0 unspecified atom stereocenters. The van der Waals surface area contributed by atoms with Crippen LogP contribution in [0.4, 0.5) is 4.39 Å². The number of halogens is 2. The number of carbonyl (C=O) groups excluding carboxylic acids is 1. The molecule has 0 aliphatic rings. The summed E-state index contributed by atoms with van der Waals surface area (Å²) >= 11 is 3.40. The molecule has 0 saturated heterocycles. The summed E-state index contributed by atoms with van der Waals surface area (Å²) in [6.45, 7) is -0.0335. The number of terminal acetylenes is 1. The summed E-state index contributed by atoms with van der Waals surface area (Å²) in [5.74, 6) is 2.20. The van der Waals surface area contributed by atoms with Gasteiger partial charge in [-0.1, -0.05) is 24.1 Å². The Balaban J connectivity index is 2.16. The molecule has 0 fully saturated rings. The second kappa shape index (κ2) is 9.64. The lowest BCUT2D eigenvalue weighted by atomic mass is 10.2. The smallest absolute Gasteiger partial charge is 0.331 e. The maximum absolute atomic E-state index is 13.7. The summed E-state index contributed by atoms with van der Waals surface area (Å²) in [4.78, 5) is 11.5. The first-order valence-corrected chi connectivity index (χ1v) is 8.36. The summed E-state index contributed by atoms with van der Waals surface area (Å²) in [6, 6.07) is 9.80. The van der Waals surface area contributed by atoms with Crippen LogP contribution < -0.4 is 9.47 Å². The number of methoxy groups -OCH3 is 1. The first kappa shape index (κ1) is 19.5. The lowest BCUT2D eigenvalue weighted by Crippen LogP contribution is -2.01. The van der Waals surface area contributed by atoms with Crippen LogP contribution in [0, 0.1) is 18.2 Å². The van der Waals surface area contributed by atoms with E-state index in [2.05, 4.69) is 21.9 Å². The van der Waals surface area contributed by atoms with Gasteiger partial charge in [0, 0.05) is 11.6 Å². The average molecular weight is 419 g/mol. The van der Waals surface area contributed by atoms with E-state index in [0.29, 0.717) is 27.1 Å². The highest BCUT2D eigenvalue weighted by molar-refractivity contribution is 9.10. The lowest BCUT2D eigenvalue weighted by molar-refractivity contribution is -0.136. The highest BCUT2D eigenvalue weighted by atomic mass is 79.9. The number of rotatable bonds is 7. The minimum atomic E-state index is -0.544. The van der Waals surface area contributed by atoms with Gasteiger partial charge < -0.3 is 14.2 Å². The van der Waals surface area contributed by atoms with Crippen molar-refractivity contribution in [1.82, 2.24) is 0 Å². The van der Waals surface area contributed by atoms with Crippen LogP contribution in [-0.2, 0) is 16.1 Å². The predicted molar refractivity (Wildman–Crippen MR) is 100 cm³/mol. The zero-order valence-electron chi connectivity index (χ0n) is 14.0. The largest absolute Gasteiger partial charge is 0.493 e. The molecule has 6 heteroatoms. The van der Waals surface area contributed by atoms with Crippen molar-refractivity contribution in [1.29, 1.82) is 0 Å². The second-order valence-corrected chi connectivity index (χ2v) is 5.91. The zero-order valence-corrected chi connectivity index (χ0v) is 15.6. The van der Waals surface area contributed by atoms with Crippen molar-refractivity contribution in [3.8, 4) is 23.8 Å². The normalized spacial score (nSPS) is 10.4. The SMILES string of the molecule is C#CCOC(=O)/C=C/c1cc(Br)c(OCc2ccccc2F)c(OC)c1. The molecule has 0 aromatic heterocycles. The number of hydrogen-bond acceptors (Lipinski definition) is 4. The summed E-state index contributed by atoms with van der Waals surface area (Å²) in [7, 11) is 1.49. The molecule has 0 amide bonds. The summed E-state index contributed by atoms with van der Waals surface area (Å²) in [6.07, 6.45) is 7.85. The Kier molecular flexibility index (Phi) is 7.24. The Bertz CT molecular complexity index is 855. The molecule has 134 valence electrons. The third-order valence-corrected chi connectivity index (χ3v) is 3.88. The Morgan fingerprint density at radius 1 is 1.35 bits per heavy atom. The summed E-state index contributed by atoms with van der Waals surface area (Å²) in [5, 5.41) is 0. The molecule has 2 aromatic rings. The number of esters is 1. The van der Waals surface area contributed by atoms with E-state index in [9.17, 15) is 9.18 Å². The minimum absolute atomic E-state index is 0.0508. The van der Waals surface area contributed by atoms with Gasteiger partial charge in [-0.3, -0.25) is 0 Å². The fraction of sp³-hybridized carbons (Fsp3) is 0.150. The molecule has 2 aromatic carbocycles. The van der Waals surface area contributed by atoms with E-state index in [1.165, 1.54) is 19.3 Å². The summed E-state index contributed by atoms with van der Waals surface area (Å²) in [5.41, 5.74) is 1.12. The van der Waals surface area contributed by atoms with Gasteiger partial charge in [0.2, 0.25) is 0 Å². The predicted octanol–water partition coefficient (Wildman–Crippen LogP) is 4.37. The zero-order chi connectivity index (χ0) is 18.9. The van der Waals surface area contributed by atoms with Crippen molar-refractivity contribution >= 4 is 28.0 Å². The van der Waals surface area contributed by atoms with Crippen LogP contribution in [0.1, 0.15) is 11.1 Å². The van der Waals surface area contributed by atoms with E-state index >= 15 is 0 Å². The maximum Gasteiger partial charge on any atom is 0.331 e. The van der Waals surface area contributed by atoms with Crippen molar-refractivity contribution in [3.63, 3.8) is 0 Å². The van der Waals surface area contributed by atoms with Gasteiger partial charge >= 0.3 is 5.97 Å². The van der Waals surface area contributed by atoms with E-state index in [4.69, 9.17) is 20.6 Å². The van der Waals surface area contributed by atoms with Gasteiger partial charge in [0.05, 0.1) is 11.6 Å². The van der Waals surface area contributed by atoms with Crippen LogP contribution in [-0.4, -0.2) is 19.7 Å². The molecular formula is C20H16BrFO4. The first-order chi connectivity index (χ1) is 12.5. The van der Waals surface area contributed by atoms with Gasteiger partial charge in [-0.05, 0) is 45.8 Å². The molecule has 0 bridgehead atoms. The van der Waals surface area contributed by atoms with E-state index in [1.807, 2.05) is 0 Å². The molecule has 2 rings (SSSR count). The van der Waals surface area contributed by atoms with Crippen LogP contribution in [0.15, 0.2) is 46.9 Å². The van der Waals surface area contributed by atoms with Crippen molar-refractivity contribution in [2.45, 2.75) is 6.61 Å². The quantitative estimate of drug-likeness (QED) is 0.380. The van der Waals surface area contributed by atoms with Gasteiger partial charge in [-0.2, -0.15) is 0 Å². The van der Waals surface area contributed by atoms with E-state index < -0.39 is 5.97 Å². The lowest BCUT2D eigenvalue weighted by Gasteiger charge is -2.14. The fourth-order valence-corrected chi connectivity index (χ4v) is 2.64. The maximum atomic E-state index is 13.7. The van der Waals surface area contributed by atoms with E-state index in [0.717, 1.165) is 0 Å². The third-order valence-electron chi connectivity index (χ3n) is 3.29. The number of hydrogen-bond donors (Lipinski definition) is 0. The number of ether oxygens (including phenoxy) is 3. The van der Waals surface area contributed by atoms with Crippen molar-refractivity contribution < 1.29 is 23.4 Å². The molecule has 0 radical (unpaired) electrons. The Morgan fingerprint density at radius 2 is 2.12 bits per heavy atom. The standard InChI is InChI=1S/C20H16BrFO4/c1-3-10-25-19(23)9-8-14-11-16(21)20(18(12-14)24-2)26-13-15-6-4-5-7-17(15)22/h1,4-9,11-12H,10,13H2,2H3/b9-8+. The molecule has 0 heterocycles. The van der Waals surface area contributed by atoms with E-state index in [-0.39, 0.29) is 19.0 Å². The Labute approximate surface area is 159 Å². The fourth-order valence-electron chi connectivity index (χ4n) is 2.07. The van der Waals surface area contributed by atoms with Crippen molar-refractivity contribution in [2.75, 3.05) is 13.7 Å². The molecule has 0 aliphatic carbocycles. The minimum Gasteiger partial charge on any atom is -0.493 e. The second-order valence-electron chi connectivity index (χ2n) is 5.06. The van der Waals surface area contributed by atoms with Gasteiger partial charge in [-0.25, -0.2) is 9.18 Å². The highest BCUT2D eigenvalue weighted by Crippen LogP contribution is 2.37. The first-order valence-electron chi connectivity index (χ1n) is 7.57. The van der Waals surface area contributed by atoms with Gasteiger partial charge in [0.15, 0.2) is 18.1 Å². The van der Waals surface area contributed by atoms with Crippen LogP contribution in [0.5, 0.6) is 11.5 Å². The van der Waals surface area contributed by atoms with E-state index in [1.54, 1.807) is 36.4 Å². The monoisotopic (exact) mass is 418 g/mol. The third kappa shape index (κ3) is 5.36. The number of benzene rings is 2. The topological polar surface area (TPSA) is 44.8 Å². The van der Waals surface area contributed by atoms with Crippen LogP contribution >= 0.6 is 15.9 Å². The molecular weight excluding hydrogens is 403 g/mol. The van der Waals surface area contributed by atoms with Gasteiger partial charge in [-0.15, -0.1) is 6.42 Å². The van der Waals surface area contributed by atoms with Crippen molar-refractivity contribution in [2.24, 2.45) is 0 Å². The van der Waals surface area contributed by atoms with Gasteiger partial charge in [0.1, 0.15) is 12.4 Å². The molecule has 0 aliphatic heterocycles. The number of carbonyl (C=O) groups is 1. The summed E-state index contributed by atoms with van der Waals surface area (Å²) < 4.78 is 30.1. The van der Waals surface area contributed by atoms with Gasteiger partial charge in [0.25, 0.3) is 0 Å². The molecule has 0 saturated carbocycles. The molecule has 0 N–H and O–H groups in total. The van der Waals surface area contributed by atoms with Crippen LogP contribution in [0.3, 0.4) is 0 Å². The Hall–Kier alpha value is -2.78. The Morgan fingerprint density at radius 3 is 2.81 bits per heavy atom.